The topological polar surface area (TPSA) is 100 Å². The van der Waals surface area contributed by atoms with Gasteiger partial charge in [0.05, 0.1) is 41.2 Å². The third kappa shape index (κ3) is 5.88. The van der Waals surface area contributed by atoms with Crippen LogP contribution in [0, 0.1) is 29.8 Å². The average Bonchev–Trinajstić information content (AvgIpc) is 3.73. The van der Waals surface area contributed by atoms with Crippen LogP contribution in [-0.2, 0) is 4.74 Å². The van der Waals surface area contributed by atoms with Gasteiger partial charge in [0.15, 0.2) is 17.4 Å². The molecule has 284 valence electrons. The number of methoxy groups -OCH3 is 1. The van der Waals surface area contributed by atoms with Crippen LogP contribution in [0.15, 0.2) is 24.3 Å². The van der Waals surface area contributed by atoms with Crippen molar-refractivity contribution in [3.05, 3.63) is 47.3 Å². The van der Waals surface area contributed by atoms with Crippen molar-refractivity contribution in [1.82, 2.24) is 19.8 Å². The standard InChI is InChI=1S/C40H41F4N5O5/c1-6-26-28(42)11-8-21-14-25(50)15-27(29(21)26)30-32(43)34-31(35(52-5)33(30)44)36(46-37(45-34)53-20-40-12-7-13-48(40)17-22(41)16-40)47-18-23-9-10-24(19-47)49(23)38(51)54-39(2,3)4/h1,8,11,14-15,22-24,50H,7,9-10,12-13,16-20H2,2-5H3/t22-,23?,24?,40+/m1/s1. The quantitative estimate of drug-likeness (QED) is 0.164. The molecule has 1 amide bonds. The molecule has 14 heteroatoms. The van der Waals surface area contributed by atoms with Crippen LogP contribution in [0.25, 0.3) is 32.8 Å². The van der Waals surface area contributed by atoms with E-state index in [-0.39, 0.29) is 88.6 Å². The van der Waals surface area contributed by atoms with Gasteiger partial charge in [0.1, 0.15) is 41.3 Å². The van der Waals surface area contributed by atoms with Crippen molar-refractivity contribution in [3.63, 3.8) is 0 Å². The molecule has 10 nitrogen and oxygen atoms in total. The molecule has 2 unspecified atom stereocenters. The first-order chi connectivity index (χ1) is 25.7. The van der Waals surface area contributed by atoms with Gasteiger partial charge in [0.2, 0.25) is 0 Å². The molecule has 3 aromatic carbocycles. The Bertz CT molecular complexity index is 2230. The maximum atomic E-state index is 17.3. The van der Waals surface area contributed by atoms with E-state index in [1.807, 2.05) is 4.90 Å². The number of rotatable bonds is 6. The maximum absolute atomic E-state index is 17.3. The first-order valence-electron chi connectivity index (χ1n) is 18.2. The summed E-state index contributed by atoms with van der Waals surface area (Å²) in [4.78, 5) is 28.2. The molecule has 1 aromatic heterocycles. The van der Waals surface area contributed by atoms with Gasteiger partial charge in [0.25, 0.3) is 0 Å². The lowest BCUT2D eigenvalue weighted by molar-refractivity contribution is 0.0122. The van der Waals surface area contributed by atoms with Gasteiger partial charge in [-0.25, -0.2) is 22.4 Å². The van der Waals surface area contributed by atoms with Crippen molar-refractivity contribution < 1.29 is 41.7 Å². The molecule has 0 spiro atoms. The molecular weight excluding hydrogens is 706 g/mol. The number of phenols is 1. The number of fused-ring (bicyclic) bond motifs is 5. The summed E-state index contributed by atoms with van der Waals surface area (Å²) in [6, 6.07) is 4.14. The number of nitrogens with zero attached hydrogens (tertiary/aromatic N) is 5. The third-order valence-electron chi connectivity index (χ3n) is 11.2. The zero-order chi connectivity index (χ0) is 38.3. The van der Waals surface area contributed by atoms with Crippen LogP contribution in [0.2, 0.25) is 0 Å². The molecule has 4 aliphatic rings. The number of terminal acetylenes is 1. The number of aromatic hydroxyl groups is 1. The molecule has 8 rings (SSSR count). The predicted octanol–water partition coefficient (Wildman–Crippen LogP) is 7.11. The number of hydrogen-bond acceptors (Lipinski definition) is 9. The summed E-state index contributed by atoms with van der Waals surface area (Å²) in [5.74, 6) is -1.38. The summed E-state index contributed by atoms with van der Waals surface area (Å²) >= 11 is 0. The van der Waals surface area contributed by atoms with Gasteiger partial charge in [0, 0.05) is 37.0 Å². The van der Waals surface area contributed by atoms with Crippen LogP contribution in [0.1, 0.15) is 58.4 Å². The van der Waals surface area contributed by atoms with Gasteiger partial charge in [-0.2, -0.15) is 9.97 Å². The number of phenolic OH excluding ortho intramolecular Hbond substituents is 1. The number of carbonyl (C=O) groups is 1. The fraction of sp³-hybridized carbons (Fsp3) is 0.475. The Morgan fingerprint density at radius 3 is 2.50 bits per heavy atom. The van der Waals surface area contributed by atoms with Crippen LogP contribution in [0.4, 0.5) is 28.2 Å². The Morgan fingerprint density at radius 1 is 1.07 bits per heavy atom. The monoisotopic (exact) mass is 747 g/mol. The van der Waals surface area contributed by atoms with Crippen LogP contribution >= 0.6 is 0 Å². The molecule has 4 aliphatic heterocycles. The molecule has 2 bridgehead atoms. The van der Waals surface area contributed by atoms with Crippen molar-refractivity contribution in [2.24, 2.45) is 0 Å². The summed E-state index contributed by atoms with van der Waals surface area (Å²) in [7, 11) is 1.23. The molecule has 0 saturated carbocycles. The van der Waals surface area contributed by atoms with Crippen LogP contribution in [-0.4, -0.2) is 100 Å². The smallest absolute Gasteiger partial charge is 0.410 e. The van der Waals surface area contributed by atoms with Crippen LogP contribution in [0.5, 0.6) is 17.5 Å². The maximum Gasteiger partial charge on any atom is 0.410 e. The van der Waals surface area contributed by atoms with E-state index >= 15 is 13.2 Å². The molecule has 1 N–H and O–H groups in total. The van der Waals surface area contributed by atoms with Gasteiger partial charge >= 0.3 is 12.1 Å². The first-order valence-corrected chi connectivity index (χ1v) is 18.2. The fourth-order valence-corrected chi connectivity index (χ4v) is 9.06. The second-order valence-corrected chi connectivity index (χ2v) is 15.8. The third-order valence-corrected chi connectivity index (χ3v) is 11.2. The number of carbonyl (C=O) groups excluding carboxylic acids is 1. The molecular formula is C40H41F4N5O5. The Labute approximate surface area is 310 Å². The number of amides is 1. The summed E-state index contributed by atoms with van der Waals surface area (Å²) in [5, 5.41) is 10.9. The second-order valence-electron chi connectivity index (χ2n) is 15.8. The summed E-state index contributed by atoms with van der Waals surface area (Å²) < 4.78 is 81.7. The highest BCUT2D eigenvalue weighted by Crippen LogP contribution is 2.47. The van der Waals surface area contributed by atoms with Gasteiger partial charge in [-0.3, -0.25) is 9.80 Å². The molecule has 5 heterocycles. The Kier molecular flexibility index (Phi) is 8.71. The van der Waals surface area contributed by atoms with Gasteiger partial charge in [-0.15, -0.1) is 6.42 Å². The Hall–Kier alpha value is -5.03. The predicted molar refractivity (Wildman–Crippen MR) is 194 cm³/mol. The molecule has 4 aromatic rings. The zero-order valence-corrected chi connectivity index (χ0v) is 30.5. The SMILES string of the molecule is C#Cc1c(F)ccc2cc(O)cc(-c3c(F)c(OC)c4c(N5CC6CCC(C5)N6C(=O)OC(C)(C)C)nc(OC[C@@]56CCCN5C[C@H](F)C6)nc4c3F)c12. The van der Waals surface area contributed by atoms with Gasteiger partial charge in [-0.05, 0) is 76.6 Å². The average molecular weight is 748 g/mol. The molecule has 4 fully saturated rings. The van der Waals surface area contributed by atoms with Crippen molar-refractivity contribution in [2.45, 2.75) is 82.3 Å². The lowest BCUT2D eigenvalue weighted by Crippen LogP contribution is -2.57. The second kappa shape index (κ2) is 13.1. The largest absolute Gasteiger partial charge is 0.508 e. The molecule has 0 radical (unpaired) electrons. The number of anilines is 1. The first kappa shape index (κ1) is 36.0. The van der Waals surface area contributed by atoms with Gasteiger partial charge < -0.3 is 24.2 Å². The number of alkyl halides is 1. The number of ether oxygens (including phenoxy) is 3. The highest BCUT2D eigenvalue weighted by Gasteiger charge is 2.50. The molecule has 4 atom stereocenters. The Balaban J connectivity index is 1.30. The zero-order valence-electron chi connectivity index (χ0n) is 30.5. The minimum atomic E-state index is -1.14. The Morgan fingerprint density at radius 2 is 1.81 bits per heavy atom. The van der Waals surface area contributed by atoms with E-state index < -0.39 is 52.2 Å². The highest BCUT2D eigenvalue weighted by atomic mass is 19.1. The van der Waals surface area contributed by atoms with E-state index in [1.165, 1.54) is 19.2 Å². The minimum absolute atomic E-state index is 0.0116. The molecule has 54 heavy (non-hydrogen) atoms. The van der Waals surface area contributed by atoms with E-state index in [0.29, 0.717) is 25.8 Å². The number of hydrogen-bond donors (Lipinski definition) is 1. The lowest BCUT2D eigenvalue weighted by Gasteiger charge is -2.42. The highest BCUT2D eigenvalue weighted by molar-refractivity contribution is 6.06. The van der Waals surface area contributed by atoms with Crippen LogP contribution in [0.3, 0.4) is 0 Å². The van der Waals surface area contributed by atoms with E-state index in [2.05, 4.69) is 15.8 Å². The molecule has 4 saturated heterocycles. The lowest BCUT2D eigenvalue weighted by atomic mass is 9.92. The van der Waals surface area contributed by atoms with Crippen molar-refractivity contribution >= 4 is 33.6 Å². The molecule has 0 aliphatic carbocycles. The minimum Gasteiger partial charge on any atom is -0.508 e. The van der Waals surface area contributed by atoms with Crippen molar-refractivity contribution in [2.75, 3.05) is 44.8 Å². The van der Waals surface area contributed by atoms with E-state index in [4.69, 9.17) is 25.6 Å². The number of benzene rings is 3. The van der Waals surface area contributed by atoms with Crippen molar-refractivity contribution in [3.8, 4) is 41.0 Å². The van der Waals surface area contributed by atoms with Gasteiger partial charge in [-0.1, -0.05) is 12.0 Å². The normalized spacial score (nSPS) is 23.9. The van der Waals surface area contributed by atoms with E-state index in [9.17, 15) is 14.3 Å². The van der Waals surface area contributed by atoms with E-state index in [1.54, 1.807) is 25.7 Å². The number of aromatic nitrogens is 2. The van der Waals surface area contributed by atoms with Crippen LogP contribution < -0.4 is 14.4 Å². The number of piperazine rings is 1. The number of halogens is 4. The summed E-state index contributed by atoms with van der Waals surface area (Å²) in [6.07, 6.45) is 7.46. The summed E-state index contributed by atoms with van der Waals surface area (Å²) in [5.41, 5.74) is -2.72. The van der Waals surface area contributed by atoms with E-state index in [0.717, 1.165) is 25.1 Å². The summed E-state index contributed by atoms with van der Waals surface area (Å²) in [6.45, 7) is 6.99. The van der Waals surface area contributed by atoms with Crippen molar-refractivity contribution in [1.29, 1.82) is 0 Å². The fourth-order valence-electron chi connectivity index (χ4n) is 9.06.